The second-order valence-electron chi connectivity index (χ2n) is 4.82. The van der Waals surface area contributed by atoms with Gasteiger partial charge in [0, 0.05) is 18.8 Å². The molecule has 0 aliphatic carbocycles. The standard InChI is InChI=1S/C15H19N3O2/c1-3-17-14-5-4-11(2)8-13(14)15(19)18-6-7-20-12(9-16)10-18/h4-5,8,12,17H,3,6-7,10H2,1-2H3. The molecule has 1 heterocycles. The Morgan fingerprint density at radius 3 is 3.10 bits per heavy atom. The Bertz CT molecular complexity index is 536. The highest BCUT2D eigenvalue weighted by Gasteiger charge is 2.26. The summed E-state index contributed by atoms with van der Waals surface area (Å²) in [7, 11) is 0. The van der Waals surface area contributed by atoms with E-state index in [1.165, 1.54) is 0 Å². The molecule has 5 heteroatoms. The van der Waals surface area contributed by atoms with Crippen molar-refractivity contribution in [1.82, 2.24) is 4.90 Å². The molecule has 1 N–H and O–H groups in total. The average molecular weight is 273 g/mol. The first-order chi connectivity index (χ1) is 9.65. The SMILES string of the molecule is CCNc1ccc(C)cc1C(=O)N1CCOC(C#N)C1. The van der Waals surface area contributed by atoms with Crippen LogP contribution in [0.5, 0.6) is 0 Å². The predicted octanol–water partition coefficient (Wildman–Crippen LogP) is 1.79. The summed E-state index contributed by atoms with van der Waals surface area (Å²) in [5, 5.41) is 12.1. The number of morpholine rings is 1. The quantitative estimate of drug-likeness (QED) is 0.912. The number of nitrogens with one attached hydrogen (secondary N) is 1. The molecule has 2 rings (SSSR count). The smallest absolute Gasteiger partial charge is 0.256 e. The largest absolute Gasteiger partial charge is 0.385 e. The zero-order chi connectivity index (χ0) is 14.5. The first kappa shape index (κ1) is 14.4. The van der Waals surface area contributed by atoms with Gasteiger partial charge in [0.1, 0.15) is 0 Å². The number of nitrogens with zero attached hydrogens (tertiary/aromatic N) is 2. The molecule has 1 fully saturated rings. The molecule has 106 valence electrons. The van der Waals surface area contributed by atoms with Crippen LogP contribution >= 0.6 is 0 Å². The molecular weight excluding hydrogens is 254 g/mol. The van der Waals surface area contributed by atoms with E-state index in [4.69, 9.17) is 10.00 Å². The Balaban J connectivity index is 2.24. The number of amides is 1. The maximum Gasteiger partial charge on any atom is 0.256 e. The number of anilines is 1. The number of rotatable bonds is 3. The number of aryl methyl sites for hydroxylation is 1. The van der Waals surface area contributed by atoms with Crippen molar-refractivity contribution in [2.24, 2.45) is 0 Å². The van der Waals surface area contributed by atoms with E-state index in [1.54, 1.807) is 4.90 Å². The van der Waals surface area contributed by atoms with Gasteiger partial charge in [-0.3, -0.25) is 4.79 Å². The van der Waals surface area contributed by atoms with E-state index in [-0.39, 0.29) is 5.91 Å². The Hall–Kier alpha value is -2.06. The highest BCUT2D eigenvalue weighted by molar-refractivity contribution is 6.00. The Kier molecular flexibility index (Phi) is 4.59. The van der Waals surface area contributed by atoms with E-state index in [0.29, 0.717) is 25.3 Å². The van der Waals surface area contributed by atoms with Crippen molar-refractivity contribution in [3.63, 3.8) is 0 Å². The molecule has 0 aromatic heterocycles. The topological polar surface area (TPSA) is 65.4 Å². The molecule has 1 aliphatic rings. The number of benzene rings is 1. The number of carbonyl (C=O) groups excluding carboxylic acids is 1. The summed E-state index contributed by atoms with van der Waals surface area (Å²) in [5.41, 5.74) is 2.54. The first-order valence-electron chi connectivity index (χ1n) is 6.80. The highest BCUT2D eigenvalue weighted by atomic mass is 16.5. The molecule has 20 heavy (non-hydrogen) atoms. The van der Waals surface area contributed by atoms with Crippen molar-refractivity contribution in [1.29, 1.82) is 5.26 Å². The second-order valence-corrected chi connectivity index (χ2v) is 4.82. The monoisotopic (exact) mass is 273 g/mol. The fourth-order valence-corrected chi connectivity index (χ4v) is 2.26. The normalized spacial score (nSPS) is 18.4. The number of ether oxygens (including phenoxy) is 1. The van der Waals surface area contributed by atoms with Gasteiger partial charge in [0.05, 0.1) is 24.8 Å². The van der Waals surface area contributed by atoms with Gasteiger partial charge in [-0.25, -0.2) is 0 Å². The van der Waals surface area contributed by atoms with Crippen molar-refractivity contribution in [2.45, 2.75) is 20.0 Å². The van der Waals surface area contributed by atoms with E-state index in [0.717, 1.165) is 17.8 Å². The fourth-order valence-electron chi connectivity index (χ4n) is 2.26. The van der Waals surface area contributed by atoms with Gasteiger partial charge in [0.15, 0.2) is 6.10 Å². The number of hydrogen-bond donors (Lipinski definition) is 1. The maximum absolute atomic E-state index is 12.6. The summed E-state index contributed by atoms with van der Waals surface area (Å²) in [6.07, 6.45) is -0.528. The van der Waals surface area contributed by atoms with Gasteiger partial charge < -0.3 is 15.0 Å². The van der Waals surface area contributed by atoms with Crippen molar-refractivity contribution >= 4 is 11.6 Å². The van der Waals surface area contributed by atoms with E-state index in [9.17, 15) is 4.79 Å². The number of nitriles is 1. The van der Waals surface area contributed by atoms with Crippen molar-refractivity contribution < 1.29 is 9.53 Å². The van der Waals surface area contributed by atoms with Crippen molar-refractivity contribution in [3.8, 4) is 6.07 Å². The maximum atomic E-state index is 12.6. The highest BCUT2D eigenvalue weighted by Crippen LogP contribution is 2.20. The third-order valence-electron chi connectivity index (χ3n) is 3.27. The van der Waals surface area contributed by atoms with Crippen LogP contribution in [0.2, 0.25) is 0 Å². The zero-order valence-corrected chi connectivity index (χ0v) is 11.8. The summed E-state index contributed by atoms with van der Waals surface area (Å²) in [5.74, 6) is -0.0480. The Morgan fingerprint density at radius 2 is 2.40 bits per heavy atom. The Labute approximate surface area is 119 Å². The average Bonchev–Trinajstić information content (AvgIpc) is 2.48. The molecule has 5 nitrogen and oxygen atoms in total. The van der Waals surface area contributed by atoms with Crippen LogP contribution in [0.25, 0.3) is 0 Å². The first-order valence-corrected chi connectivity index (χ1v) is 6.80. The van der Waals surface area contributed by atoms with Gasteiger partial charge in [0.25, 0.3) is 5.91 Å². The summed E-state index contributed by atoms with van der Waals surface area (Å²) in [6.45, 7) is 5.98. The third kappa shape index (κ3) is 3.09. The van der Waals surface area contributed by atoms with Crippen molar-refractivity contribution in [3.05, 3.63) is 29.3 Å². The van der Waals surface area contributed by atoms with Crippen LogP contribution in [0.1, 0.15) is 22.8 Å². The van der Waals surface area contributed by atoms with E-state index in [1.807, 2.05) is 32.0 Å². The third-order valence-corrected chi connectivity index (χ3v) is 3.27. The molecule has 1 aliphatic heterocycles. The molecule has 1 saturated heterocycles. The van der Waals surface area contributed by atoms with Crippen LogP contribution < -0.4 is 5.32 Å². The van der Waals surface area contributed by atoms with Crippen molar-refractivity contribution in [2.75, 3.05) is 31.6 Å². The minimum absolute atomic E-state index is 0.0480. The zero-order valence-electron chi connectivity index (χ0n) is 11.8. The molecule has 0 saturated carbocycles. The predicted molar refractivity (Wildman–Crippen MR) is 76.6 cm³/mol. The van der Waals surface area contributed by atoms with E-state index < -0.39 is 6.10 Å². The lowest BCUT2D eigenvalue weighted by Gasteiger charge is -2.30. The van der Waals surface area contributed by atoms with Crippen LogP contribution in [0, 0.1) is 18.3 Å². The lowest BCUT2D eigenvalue weighted by atomic mass is 10.1. The summed E-state index contributed by atoms with van der Waals surface area (Å²) in [4.78, 5) is 14.3. The molecule has 0 radical (unpaired) electrons. The van der Waals surface area contributed by atoms with Gasteiger partial charge in [-0.2, -0.15) is 5.26 Å². The fraction of sp³-hybridized carbons (Fsp3) is 0.467. The molecule has 1 aromatic rings. The van der Waals surface area contributed by atoms with E-state index >= 15 is 0 Å². The minimum atomic E-state index is -0.528. The van der Waals surface area contributed by atoms with Crippen LogP contribution in [0.4, 0.5) is 5.69 Å². The summed E-state index contributed by atoms with van der Waals surface area (Å²) >= 11 is 0. The van der Waals surface area contributed by atoms with Gasteiger partial charge in [0.2, 0.25) is 0 Å². The molecule has 0 spiro atoms. The van der Waals surface area contributed by atoms with Crippen LogP contribution in [0.3, 0.4) is 0 Å². The summed E-state index contributed by atoms with van der Waals surface area (Å²) < 4.78 is 5.27. The number of carbonyl (C=O) groups is 1. The van der Waals surface area contributed by atoms with Crippen LogP contribution in [0.15, 0.2) is 18.2 Å². The van der Waals surface area contributed by atoms with E-state index in [2.05, 4.69) is 11.4 Å². The second kappa shape index (κ2) is 6.40. The minimum Gasteiger partial charge on any atom is -0.385 e. The van der Waals surface area contributed by atoms with Gasteiger partial charge >= 0.3 is 0 Å². The lowest BCUT2D eigenvalue weighted by Crippen LogP contribution is -2.45. The van der Waals surface area contributed by atoms with Gasteiger partial charge in [-0.05, 0) is 26.0 Å². The Morgan fingerprint density at radius 1 is 1.60 bits per heavy atom. The van der Waals surface area contributed by atoms with Crippen LogP contribution in [-0.4, -0.2) is 43.2 Å². The van der Waals surface area contributed by atoms with Gasteiger partial charge in [-0.1, -0.05) is 11.6 Å². The molecular formula is C15H19N3O2. The molecule has 1 aromatic carbocycles. The number of hydrogen-bond acceptors (Lipinski definition) is 4. The molecule has 1 unspecified atom stereocenters. The lowest BCUT2D eigenvalue weighted by molar-refractivity contribution is 0.00351. The molecule has 1 amide bonds. The molecule has 1 atom stereocenters. The van der Waals surface area contributed by atoms with Gasteiger partial charge in [-0.15, -0.1) is 0 Å². The van der Waals surface area contributed by atoms with Crippen LogP contribution in [-0.2, 0) is 4.74 Å². The summed E-state index contributed by atoms with van der Waals surface area (Å²) in [6, 6.07) is 7.85. The molecule has 0 bridgehead atoms.